The van der Waals surface area contributed by atoms with Gasteiger partial charge in [-0.25, -0.2) is 4.98 Å². The van der Waals surface area contributed by atoms with Gasteiger partial charge in [-0.2, -0.15) is 0 Å². The SMILES string of the molecule is C(=C\c1ccc2ccccc2c1)/Cc1cnc[nH]1. The number of fused-ring (bicyclic) bond motifs is 1. The topological polar surface area (TPSA) is 28.7 Å². The highest BCUT2D eigenvalue weighted by atomic mass is 14.8. The molecule has 2 heteroatoms. The number of rotatable bonds is 3. The number of H-pyrrole nitrogens is 1. The third-order valence-electron chi connectivity index (χ3n) is 2.98. The largest absolute Gasteiger partial charge is 0.348 e. The third kappa shape index (κ3) is 2.33. The fourth-order valence-corrected chi connectivity index (χ4v) is 2.03. The number of hydrogen-bond acceptors (Lipinski definition) is 1. The average molecular weight is 234 g/mol. The zero-order chi connectivity index (χ0) is 12.2. The van der Waals surface area contributed by atoms with E-state index in [0.29, 0.717) is 0 Å². The van der Waals surface area contributed by atoms with E-state index in [4.69, 9.17) is 0 Å². The van der Waals surface area contributed by atoms with Gasteiger partial charge >= 0.3 is 0 Å². The molecule has 1 N–H and O–H groups in total. The molecule has 2 nitrogen and oxygen atoms in total. The van der Waals surface area contributed by atoms with E-state index in [1.54, 1.807) is 6.33 Å². The van der Waals surface area contributed by atoms with E-state index in [-0.39, 0.29) is 0 Å². The number of nitrogens with zero attached hydrogens (tertiary/aromatic N) is 1. The van der Waals surface area contributed by atoms with Gasteiger partial charge in [0, 0.05) is 18.3 Å². The Kier molecular flexibility index (Phi) is 2.92. The lowest BCUT2D eigenvalue weighted by molar-refractivity contribution is 1.16. The Labute approximate surface area is 106 Å². The summed E-state index contributed by atoms with van der Waals surface area (Å²) in [5.41, 5.74) is 2.36. The smallest absolute Gasteiger partial charge is 0.0921 e. The number of aromatic amines is 1. The van der Waals surface area contributed by atoms with Gasteiger partial charge in [-0.3, -0.25) is 0 Å². The van der Waals surface area contributed by atoms with Gasteiger partial charge in [-0.05, 0) is 22.4 Å². The summed E-state index contributed by atoms with van der Waals surface area (Å²) in [4.78, 5) is 7.09. The maximum atomic E-state index is 4.00. The summed E-state index contributed by atoms with van der Waals surface area (Å²) in [6.07, 6.45) is 8.74. The maximum Gasteiger partial charge on any atom is 0.0921 e. The van der Waals surface area contributed by atoms with Crippen LogP contribution in [0, 0.1) is 0 Å². The molecule has 3 aromatic rings. The first-order chi connectivity index (χ1) is 8.92. The van der Waals surface area contributed by atoms with Crippen molar-refractivity contribution in [2.75, 3.05) is 0 Å². The predicted molar refractivity (Wildman–Crippen MR) is 75.3 cm³/mol. The van der Waals surface area contributed by atoms with Crippen molar-refractivity contribution in [3.05, 3.63) is 72.3 Å². The van der Waals surface area contributed by atoms with Gasteiger partial charge in [-0.15, -0.1) is 0 Å². The van der Waals surface area contributed by atoms with Gasteiger partial charge in [0.25, 0.3) is 0 Å². The molecule has 0 spiro atoms. The molecular formula is C16H14N2. The van der Waals surface area contributed by atoms with Gasteiger partial charge in [0.2, 0.25) is 0 Å². The van der Waals surface area contributed by atoms with Crippen molar-refractivity contribution in [2.45, 2.75) is 6.42 Å². The van der Waals surface area contributed by atoms with Crippen LogP contribution in [0.4, 0.5) is 0 Å². The molecule has 1 heterocycles. The van der Waals surface area contributed by atoms with Crippen LogP contribution in [0.15, 0.2) is 61.1 Å². The monoisotopic (exact) mass is 234 g/mol. The van der Waals surface area contributed by atoms with E-state index in [1.165, 1.54) is 16.3 Å². The number of aromatic nitrogens is 2. The van der Waals surface area contributed by atoms with Crippen LogP contribution in [0.3, 0.4) is 0 Å². The third-order valence-corrected chi connectivity index (χ3v) is 2.98. The molecule has 0 fully saturated rings. The number of nitrogens with one attached hydrogen (secondary N) is 1. The minimum atomic E-state index is 0.882. The minimum absolute atomic E-state index is 0.882. The average Bonchev–Trinajstić information content (AvgIpc) is 2.92. The first-order valence-corrected chi connectivity index (χ1v) is 6.04. The number of imidazole rings is 1. The zero-order valence-electron chi connectivity index (χ0n) is 10.0. The Bertz CT molecular complexity index is 666. The summed E-state index contributed by atoms with van der Waals surface area (Å²) in [6.45, 7) is 0. The fourth-order valence-electron chi connectivity index (χ4n) is 2.03. The lowest BCUT2D eigenvalue weighted by atomic mass is 10.1. The van der Waals surface area contributed by atoms with Gasteiger partial charge < -0.3 is 4.98 Å². The minimum Gasteiger partial charge on any atom is -0.348 e. The van der Waals surface area contributed by atoms with Crippen LogP contribution < -0.4 is 0 Å². The molecule has 2 aromatic carbocycles. The molecule has 0 aliphatic rings. The predicted octanol–water partition coefficient (Wildman–Crippen LogP) is 3.82. The summed E-state index contributed by atoms with van der Waals surface area (Å²) in [6, 6.07) is 14.9. The fraction of sp³-hybridized carbons (Fsp3) is 0.0625. The van der Waals surface area contributed by atoms with Crippen molar-refractivity contribution < 1.29 is 0 Å². The Morgan fingerprint density at radius 3 is 2.78 bits per heavy atom. The van der Waals surface area contributed by atoms with Crippen molar-refractivity contribution >= 4 is 16.8 Å². The molecule has 18 heavy (non-hydrogen) atoms. The molecular weight excluding hydrogens is 220 g/mol. The molecule has 0 saturated carbocycles. The zero-order valence-corrected chi connectivity index (χ0v) is 10.0. The summed E-state index contributed by atoms with van der Waals surface area (Å²) in [7, 11) is 0. The number of benzene rings is 2. The van der Waals surface area contributed by atoms with Crippen molar-refractivity contribution in [1.29, 1.82) is 0 Å². The standard InChI is InChI=1S/C16H14N2/c1-2-6-15-10-13(8-9-14(15)5-1)4-3-7-16-11-17-12-18-16/h1-6,8-12H,7H2,(H,17,18)/b4-3+. The van der Waals surface area contributed by atoms with E-state index >= 15 is 0 Å². The van der Waals surface area contributed by atoms with E-state index in [0.717, 1.165) is 12.1 Å². The van der Waals surface area contributed by atoms with Crippen LogP contribution >= 0.6 is 0 Å². The number of allylic oxidation sites excluding steroid dienone is 1. The van der Waals surface area contributed by atoms with Crippen LogP contribution in [0.1, 0.15) is 11.3 Å². The van der Waals surface area contributed by atoms with Crippen molar-refractivity contribution in [1.82, 2.24) is 9.97 Å². The highest BCUT2D eigenvalue weighted by molar-refractivity contribution is 5.84. The highest BCUT2D eigenvalue weighted by Gasteiger charge is 1.93. The second-order valence-corrected chi connectivity index (χ2v) is 4.29. The molecule has 0 aliphatic carbocycles. The Morgan fingerprint density at radius 2 is 1.94 bits per heavy atom. The van der Waals surface area contributed by atoms with Crippen molar-refractivity contribution in [3.8, 4) is 0 Å². The molecule has 0 aliphatic heterocycles. The molecule has 0 bridgehead atoms. The Morgan fingerprint density at radius 1 is 1.06 bits per heavy atom. The molecule has 3 rings (SSSR count). The second-order valence-electron chi connectivity index (χ2n) is 4.29. The second kappa shape index (κ2) is 4.88. The lowest BCUT2D eigenvalue weighted by Crippen LogP contribution is -1.79. The Hall–Kier alpha value is -2.35. The van der Waals surface area contributed by atoms with Crippen LogP contribution in [-0.2, 0) is 6.42 Å². The van der Waals surface area contributed by atoms with Crippen LogP contribution in [-0.4, -0.2) is 9.97 Å². The van der Waals surface area contributed by atoms with Gasteiger partial charge in [0.15, 0.2) is 0 Å². The van der Waals surface area contributed by atoms with Crippen molar-refractivity contribution in [2.24, 2.45) is 0 Å². The summed E-state index contributed by atoms with van der Waals surface area (Å²) in [5.74, 6) is 0. The Balaban J connectivity index is 1.80. The summed E-state index contributed by atoms with van der Waals surface area (Å²) in [5, 5.41) is 2.56. The van der Waals surface area contributed by atoms with Gasteiger partial charge in [0.05, 0.1) is 6.33 Å². The molecule has 0 atom stereocenters. The lowest BCUT2D eigenvalue weighted by Gasteiger charge is -1.99. The van der Waals surface area contributed by atoms with E-state index < -0.39 is 0 Å². The highest BCUT2D eigenvalue weighted by Crippen LogP contribution is 2.16. The van der Waals surface area contributed by atoms with E-state index in [1.807, 2.05) is 6.20 Å². The quantitative estimate of drug-likeness (QED) is 0.733. The first kappa shape index (κ1) is 10.8. The molecule has 1 aromatic heterocycles. The number of hydrogen-bond donors (Lipinski definition) is 1. The molecule has 0 unspecified atom stereocenters. The molecule has 88 valence electrons. The molecule has 0 amide bonds. The molecule has 0 saturated heterocycles. The van der Waals surface area contributed by atoms with Gasteiger partial charge in [-0.1, -0.05) is 48.6 Å². The summed E-state index contributed by atoms with van der Waals surface area (Å²) >= 11 is 0. The summed E-state index contributed by atoms with van der Waals surface area (Å²) < 4.78 is 0. The maximum absolute atomic E-state index is 4.00. The molecule has 0 radical (unpaired) electrons. The van der Waals surface area contributed by atoms with E-state index in [9.17, 15) is 0 Å². The van der Waals surface area contributed by atoms with Gasteiger partial charge in [0.1, 0.15) is 0 Å². The van der Waals surface area contributed by atoms with Crippen LogP contribution in [0.2, 0.25) is 0 Å². The van der Waals surface area contributed by atoms with Crippen LogP contribution in [0.5, 0.6) is 0 Å². The van der Waals surface area contributed by atoms with Crippen molar-refractivity contribution in [3.63, 3.8) is 0 Å². The van der Waals surface area contributed by atoms with E-state index in [2.05, 4.69) is 64.6 Å². The first-order valence-electron chi connectivity index (χ1n) is 6.04. The normalized spacial score (nSPS) is 11.3. The van der Waals surface area contributed by atoms with Crippen LogP contribution in [0.25, 0.3) is 16.8 Å².